The minimum atomic E-state index is -0.616. The smallest absolute Gasteiger partial charge is 0.303 e. The molecule has 3 saturated heterocycles. The molecule has 7 nitrogen and oxygen atoms in total. The second kappa shape index (κ2) is 11.3. The minimum absolute atomic E-state index is 0.349. The fraction of sp³-hybridized carbons (Fsp3) is 0.962. The zero-order valence-electron chi connectivity index (χ0n) is 20.6. The van der Waals surface area contributed by atoms with E-state index in [4.69, 9.17) is 0 Å². The van der Waals surface area contributed by atoms with Crippen LogP contribution in [0.3, 0.4) is 0 Å². The fourth-order valence-corrected chi connectivity index (χ4v) is 7.78. The fourth-order valence-electron chi connectivity index (χ4n) is 7.78. The van der Waals surface area contributed by atoms with E-state index in [9.17, 15) is 9.90 Å². The summed E-state index contributed by atoms with van der Waals surface area (Å²) < 4.78 is 0. The molecule has 5 unspecified atom stereocenters. The molecule has 188 valence electrons. The largest absolute Gasteiger partial charge is 0.481 e. The van der Waals surface area contributed by atoms with Crippen LogP contribution in [0.25, 0.3) is 0 Å². The molecule has 5 fully saturated rings. The molecule has 0 aromatic heterocycles. The topological polar surface area (TPSA) is 71.1 Å². The van der Waals surface area contributed by atoms with Gasteiger partial charge in [0.1, 0.15) is 0 Å². The van der Waals surface area contributed by atoms with E-state index >= 15 is 0 Å². The van der Waals surface area contributed by atoms with E-state index in [0.717, 1.165) is 45.1 Å². The van der Waals surface area contributed by atoms with Crippen LogP contribution in [0.1, 0.15) is 77.0 Å². The molecule has 3 heterocycles. The quantitative estimate of drug-likeness (QED) is 0.561. The van der Waals surface area contributed by atoms with Crippen LogP contribution in [-0.2, 0) is 4.79 Å². The maximum Gasteiger partial charge on any atom is 0.303 e. The van der Waals surface area contributed by atoms with Gasteiger partial charge in [-0.3, -0.25) is 15.1 Å². The molecule has 5 atom stereocenters. The van der Waals surface area contributed by atoms with Gasteiger partial charge in [0, 0.05) is 56.8 Å². The number of carbonyl (C=O) groups is 1. The summed E-state index contributed by atoms with van der Waals surface area (Å²) in [4.78, 5) is 16.9. The summed E-state index contributed by atoms with van der Waals surface area (Å²) in [5, 5.41) is 15.9. The van der Waals surface area contributed by atoms with Gasteiger partial charge in [0.25, 0.3) is 0 Å². The van der Waals surface area contributed by atoms with E-state index in [1.165, 1.54) is 77.4 Å². The predicted molar refractivity (Wildman–Crippen MR) is 131 cm³/mol. The van der Waals surface area contributed by atoms with Gasteiger partial charge in [0.2, 0.25) is 0 Å². The lowest BCUT2D eigenvalue weighted by Gasteiger charge is -2.49. The lowest BCUT2D eigenvalue weighted by Crippen LogP contribution is -2.59. The summed E-state index contributed by atoms with van der Waals surface area (Å²) in [6, 6.07) is 2.46. The van der Waals surface area contributed by atoms with Crippen LogP contribution >= 0.6 is 0 Å². The Morgan fingerprint density at radius 1 is 0.879 bits per heavy atom. The molecule has 0 aromatic carbocycles. The summed E-state index contributed by atoms with van der Waals surface area (Å²) >= 11 is 0. The Balaban J connectivity index is 1.14. The number of rotatable bonds is 6. The highest BCUT2D eigenvalue weighted by Gasteiger charge is 2.42. The van der Waals surface area contributed by atoms with Crippen LogP contribution in [0, 0.1) is 11.8 Å². The number of aliphatic carboxylic acids is 1. The van der Waals surface area contributed by atoms with Crippen molar-refractivity contribution in [2.24, 2.45) is 11.8 Å². The van der Waals surface area contributed by atoms with Crippen molar-refractivity contribution in [2.75, 3.05) is 45.8 Å². The van der Waals surface area contributed by atoms with Crippen molar-refractivity contribution in [1.29, 1.82) is 0 Å². The van der Waals surface area contributed by atoms with E-state index in [1.54, 1.807) is 0 Å². The first-order valence-corrected chi connectivity index (χ1v) is 14.1. The molecule has 0 spiro atoms. The third-order valence-corrected chi connectivity index (χ3v) is 9.38. The van der Waals surface area contributed by atoms with E-state index in [2.05, 4.69) is 25.6 Å². The van der Waals surface area contributed by atoms with Crippen LogP contribution in [0.15, 0.2) is 0 Å². The zero-order valence-corrected chi connectivity index (χ0v) is 20.6. The predicted octanol–water partition coefficient (Wildman–Crippen LogP) is 2.53. The number of fused-ring (bicyclic) bond motifs is 1. The molecule has 0 aromatic rings. The number of nitrogens with zero attached hydrogens (tertiary/aromatic N) is 3. The molecule has 2 aliphatic carbocycles. The number of carboxylic acid groups (broad SMARTS) is 1. The third kappa shape index (κ3) is 6.10. The van der Waals surface area contributed by atoms with Crippen molar-refractivity contribution >= 4 is 5.97 Å². The van der Waals surface area contributed by atoms with Crippen LogP contribution in [-0.4, -0.2) is 95.9 Å². The average molecular weight is 462 g/mol. The van der Waals surface area contributed by atoms with Crippen molar-refractivity contribution in [1.82, 2.24) is 25.6 Å². The molecule has 0 bridgehead atoms. The minimum Gasteiger partial charge on any atom is -0.481 e. The monoisotopic (exact) mass is 461 g/mol. The summed E-state index contributed by atoms with van der Waals surface area (Å²) in [5.41, 5.74) is 3.88. The molecule has 3 aliphatic heterocycles. The number of piperidine rings is 1. The van der Waals surface area contributed by atoms with E-state index < -0.39 is 5.97 Å². The lowest BCUT2D eigenvalue weighted by molar-refractivity contribution is -0.138. The van der Waals surface area contributed by atoms with Crippen LogP contribution < -0.4 is 10.7 Å². The Bertz CT molecular complexity index is 642. The Labute approximate surface area is 200 Å². The van der Waals surface area contributed by atoms with Gasteiger partial charge in [-0.1, -0.05) is 19.3 Å². The maximum absolute atomic E-state index is 11.5. The SMILES string of the molecule is O=C(O)CC1CC2CCCNC2C(N2CCCN(CC3CCN(C4CCCCC4)N3)CC2)C1. The van der Waals surface area contributed by atoms with Gasteiger partial charge in [-0.25, -0.2) is 5.01 Å². The molecule has 3 N–H and O–H groups in total. The highest BCUT2D eigenvalue weighted by atomic mass is 16.4. The summed E-state index contributed by atoms with van der Waals surface area (Å²) in [5.74, 6) is 0.394. The second-order valence-corrected chi connectivity index (χ2v) is 11.7. The molecule has 33 heavy (non-hydrogen) atoms. The number of hydrogen-bond donors (Lipinski definition) is 3. The maximum atomic E-state index is 11.5. The molecular formula is C26H47N5O2. The van der Waals surface area contributed by atoms with Gasteiger partial charge in [-0.2, -0.15) is 0 Å². The van der Waals surface area contributed by atoms with Crippen LogP contribution in [0.4, 0.5) is 0 Å². The van der Waals surface area contributed by atoms with Crippen LogP contribution in [0.2, 0.25) is 0 Å². The number of hydrogen-bond acceptors (Lipinski definition) is 6. The third-order valence-electron chi connectivity index (χ3n) is 9.38. The van der Waals surface area contributed by atoms with Crippen LogP contribution in [0.5, 0.6) is 0 Å². The molecule has 2 saturated carbocycles. The first-order valence-electron chi connectivity index (χ1n) is 14.1. The Kier molecular flexibility index (Phi) is 8.24. The van der Waals surface area contributed by atoms with E-state index in [0.29, 0.717) is 36.4 Å². The molecule has 0 radical (unpaired) electrons. The molecular weight excluding hydrogens is 414 g/mol. The first kappa shape index (κ1) is 24.0. The second-order valence-electron chi connectivity index (χ2n) is 11.7. The summed E-state index contributed by atoms with van der Waals surface area (Å²) in [7, 11) is 0. The van der Waals surface area contributed by atoms with Crippen molar-refractivity contribution in [3.63, 3.8) is 0 Å². The van der Waals surface area contributed by atoms with Gasteiger partial charge >= 0.3 is 5.97 Å². The Morgan fingerprint density at radius 3 is 2.61 bits per heavy atom. The Morgan fingerprint density at radius 2 is 1.76 bits per heavy atom. The van der Waals surface area contributed by atoms with Crippen molar-refractivity contribution in [3.8, 4) is 0 Å². The van der Waals surface area contributed by atoms with Gasteiger partial charge < -0.3 is 15.3 Å². The van der Waals surface area contributed by atoms with Crippen molar-refractivity contribution in [3.05, 3.63) is 0 Å². The van der Waals surface area contributed by atoms with Gasteiger partial charge in [-0.15, -0.1) is 0 Å². The van der Waals surface area contributed by atoms with E-state index in [-0.39, 0.29) is 0 Å². The molecule has 0 amide bonds. The zero-order chi connectivity index (χ0) is 22.6. The standard InChI is InChI=1S/C26H47N5O2/c32-25(33)18-20-16-21-6-4-10-27-26(21)24(17-20)30-12-5-11-29(14-15-30)19-22-9-13-31(28-22)23-7-2-1-3-8-23/h20-24,26-28H,1-19H2,(H,32,33). The highest BCUT2D eigenvalue weighted by molar-refractivity contribution is 5.67. The normalized spacial score (nSPS) is 38.1. The highest BCUT2D eigenvalue weighted by Crippen LogP contribution is 2.38. The molecule has 5 rings (SSSR count). The van der Waals surface area contributed by atoms with Crippen molar-refractivity contribution < 1.29 is 9.90 Å². The van der Waals surface area contributed by atoms with E-state index in [1.807, 2.05) is 0 Å². The number of carboxylic acids is 1. The van der Waals surface area contributed by atoms with Crippen molar-refractivity contribution in [2.45, 2.75) is 101 Å². The van der Waals surface area contributed by atoms with Gasteiger partial charge in [-0.05, 0) is 82.8 Å². The Hall–Kier alpha value is -0.730. The lowest BCUT2D eigenvalue weighted by atomic mass is 9.70. The first-order chi connectivity index (χ1) is 16.2. The number of hydrazine groups is 1. The molecule has 5 aliphatic rings. The van der Waals surface area contributed by atoms with Gasteiger partial charge in [0.05, 0.1) is 0 Å². The average Bonchev–Trinajstić information content (AvgIpc) is 3.17. The van der Waals surface area contributed by atoms with Gasteiger partial charge in [0.15, 0.2) is 0 Å². The summed E-state index contributed by atoms with van der Waals surface area (Å²) in [6.45, 7) is 8.17. The molecule has 7 heteroatoms. The summed E-state index contributed by atoms with van der Waals surface area (Å²) in [6.07, 6.45) is 14.5. The number of nitrogens with one attached hydrogen (secondary N) is 2.